The normalized spacial score (nSPS) is 24.6. The van der Waals surface area contributed by atoms with Gasteiger partial charge in [-0.1, -0.05) is 12.1 Å². The van der Waals surface area contributed by atoms with E-state index < -0.39 is 0 Å². The molecule has 1 aliphatic rings. The van der Waals surface area contributed by atoms with Crippen LogP contribution in [0.2, 0.25) is 0 Å². The Bertz CT molecular complexity index is 341. The van der Waals surface area contributed by atoms with E-state index in [0.29, 0.717) is 24.9 Å². The van der Waals surface area contributed by atoms with Crippen molar-refractivity contribution in [3.8, 4) is 0 Å². The summed E-state index contributed by atoms with van der Waals surface area (Å²) in [5.74, 6) is 1.32. The zero-order chi connectivity index (χ0) is 11.5. The molecule has 0 aromatic carbocycles. The average molecular weight is 226 g/mol. The van der Waals surface area contributed by atoms with Crippen molar-refractivity contribution < 1.29 is 9.26 Å². The summed E-state index contributed by atoms with van der Waals surface area (Å²) in [6, 6.07) is 0. The van der Waals surface area contributed by atoms with Gasteiger partial charge >= 0.3 is 0 Å². The van der Waals surface area contributed by atoms with Gasteiger partial charge in [0.05, 0.1) is 6.61 Å². The molecule has 1 aromatic heterocycles. The number of hydrogen-bond donors (Lipinski definition) is 1. The zero-order valence-electron chi connectivity index (χ0n) is 9.72. The first kappa shape index (κ1) is 11.5. The van der Waals surface area contributed by atoms with Gasteiger partial charge in [0.1, 0.15) is 6.10 Å². The number of hydrogen-bond acceptors (Lipinski definition) is 6. The molecule has 1 aromatic rings. The number of rotatable bonds is 3. The molecule has 1 saturated heterocycles. The lowest BCUT2D eigenvalue weighted by Crippen LogP contribution is -2.35. The third kappa shape index (κ3) is 2.40. The van der Waals surface area contributed by atoms with E-state index in [9.17, 15) is 0 Å². The number of morpholine rings is 1. The fourth-order valence-corrected chi connectivity index (χ4v) is 1.61. The molecule has 2 N–H and O–H groups in total. The molecule has 0 spiro atoms. The van der Waals surface area contributed by atoms with Crippen LogP contribution >= 0.6 is 0 Å². The zero-order valence-corrected chi connectivity index (χ0v) is 9.72. The van der Waals surface area contributed by atoms with Gasteiger partial charge in [0.2, 0.25) is 11.7 Å². The van der Waals surface area contributed by atoms with Crippen molar-refractivity contribution in [2.75, 3.05) is 33.3 Å². The van der Waals surface area contributed by atoms with Crippen LogP contribution in [0.15, 0.2) is 4.52 Å². The van der Waals surface area contributed by atoms with Crippen LogP contribution in [0.1, 0.15) is 30.7 Å². The quantitative estimate of drug-likeness (QED) is 0.789. The molecular formula is C10H18N4O2. The lowest BCUT2D eigenvalue weighted by atomic mass is 10.2. The number of nitrogens with two attached hydrogens (primary N) is 1. The van der Waals surface area contributed by atoms with E-state index in [1.807, 2.05) is 6.92 Å². The van der Waals surface area contributed by atoms with Crippen LogP contribution in [-0.2, 0) is 4.74 Å². The molecule has 90 valence electrons. The maximum atomic E-state index is 5.60. The molecule has 0 radical (unpaired) electrons. The van der Waals surface area contributed by atoms with Gasteiger partial charge < -0.3 is 19.9 Å². The van der Waals surface area contributed by atoms with Gasteiger partial charge in [-0.05, 0) is 7.05 Å². The number of likely N-dealkylation sites (N-methyl/N-ethyl adjacent to an activating group) is 1. The second-order valence-corrected chi connectivity index (χ2v) is 4.25. The van der Waals surface area contributed by atoms with Crippen LogP contribution in [0.3, 0.4) is 0 Å². The van der Waals surface area contributed by atoms with Gasteiger partial charge in [-0.3, -0.25) is 0 Å². The van der Waals surface area contributed by atoms with Crippen LogP contribution < -0.4 is 5.73 Å². The lowest BCUT2D eigenvalue weighted by Gasteiger charge is -2.27. The molecule has 2 rings (SSSR count). The van der Waals surface area contributed by atoms with Crippen molar-refractivity contribution in [1.29, 1.82) is 0 Å². The Balaban J connectivity index is 2.06. The maximum absolute atomic E-state index is 5.60. The topological polar surface area (TPSA) is 77.4 Å². The highest BCUT2D eigenvalue weighted by molar-refractivity contribution is 4.97. The van der Waals surface area contributed by atoms with E-state index in [-0.39, 0.29) is 12.0 Å². The number of aromatic nitrogens is 2. The van der Waals surface area contributed by atoms with Crippen LogP contribution in [0.25, 0.3) is 0 Å². The first-order valence-electron chi connectivity index (χ1n) is 5.54. The van der Waals surface area contributed by atoms with Gasteiger partial charge in [0.15, 0.2) is 0 Å². The summed E-state index contributed by atoms with van der Waals surface area (Å²) < 4.78 is 10.8. The minimum absolute atomic E-state index is 0.0822. The predicted octanol–water partition coefficient (Wildman–Crippen LogP) is 0.135. The molecule has 0 bridgehead atoms. The summed E-state index contributed by atoms with van der Waals surface area (Å²) in [5.41, 5.74) is 5.55. The first-order valence-corrected chi connectivity index (χ1v) is 5.54. The molecule has 0 aliphatic carbocycles. The molecule has 2 atom stereocenters. The molecule has 6 heteroatoms. The number of ether oxygens (including phenoxy) is 1. The third-order valence-corrected chi connectivity index (χ3v) is 2.79. The Labute approximate surface area is 94.7 Å². The monoisotopic (exact) mass is 226 g/mol. The molecule has 2 unspecified atom stereocenters. The minimum atomic E-state index is -0.0822. The van der Waals surface area contributed by atoms with Gasteiger partial charge in [0.25, 0.3) is 0 Å². The summed E-state index contributed by atoms with van der Waals surface area (Å²) in [7, 11) is 2.05. The molecule has 0 amide bonds. The smallest absolute Gasteiger partial charge is 0.230 e. The van der Waals surface area contributed by atoms with E-state index in [4.69, 9.17) is 15.0 Å². The molecular weight excluding hydrogens is 208 g/mol. The van der Waals surface area contributed by atoms with Gasteiger partial charge in [-0.2, -0.15) is 4.98 Å². The van der Waals surface area contributed by atoms with Gasteiger partial charge in [0, 0.05) is 25.6 Å². The van der Waals surface area contributed by atoms with Crippen LogP contribution in [0, 0.1) is 0 Å². The van der Waals surface area contributed by atoms with Crippen molar-refractivity contribution in [3.63, 3.8) is 0 Å². The van der Waals surface area contributed by atoms with Crippen molar-refractivity contribution in [1.82, 2.24) is 15.0 Å². The molecule has 16 heavy (non-hydrogen) atoms. The summed E-state index contributed by atoms with van der Waals surface area (Å²) in [6.07, 6.45) is -0.0822. The Hall–Kier alpha value is -0.980. The average Bonchev–Trinajstić information content (AvgIpc) is 2.77. The van der Waals surface area contributed by atoms with E-state index in [1.54, 1.807) is 0 Å². The SMILES string of the molecule is CC(CN)c1nc(C2CN(C)CCO2)no1. The van der Waals surface area contributed by atoms with Crippen molar-refractivity contribution in [3.05, 3.63) is 11.7 Å². The van der Waals surface area contributed by atoms with E-state index in [2.05, 4.69) is 22.1 Å². The first-order chi connectivity index (χ1) is 7.70. The Morgan fingerprint density at radius 1 is 1.62 bits per heavy atom. The highest BCUT2D eigenvalue weighted by Crippen LogP contribution is 2.20. The summed E-state index contributed by atoms with van der Waals surface area (Å²) >= 11 is 0. The second kappa shape index (κ2) is 4.90. The summed E-state index contributed by atoms with van der Waals surface area (Å²) in [5, 5.41) is 3.95. The predicted molar refractivity (Wildman–Crippen MR) is 58.0 cm³/mol. The largest absolute Gasteiger partial charge is 0.367 e. The van der Waals surface area contributed by atoms with Crippen LogP contribution in [0.4, 0.5) is 0 Å². The van der Waals surface area contributed by atoms with Crippen LogP contribution in [-0.4, -0.2) is 48.3 Å². The Morgan fingerprint density at radius 3 is 3.12 bits per heavy atom. The van der Waals surface area contributed by atoms with Crippen molar-refractivity contribution >= 4 is 0 Å². The standard InChI is InChI=1S/C10H18N4O2/c1-7(5-11)10-12-9(13-16-10)8-6-14(2)3-4-15-8/h7-8H,3-6,11H2,1-2H3. The van der Waals surface area contributed by atoms with Gasteiger partial charge in [-0.25, -0.2) is 0 Å². The fourth-order valence-electron chi connectivity index (χ4n) is 1.61. The van der Waals surface area contributed by atoms with Crippen molar-refractivity contribution in [2.45, 2.75) is 18.9 Å². The van der Waals surface area contributed by atoms with Crippen molar-refractivity contribution in [2.24, 2.45) is 5.73 Å². The molecule has 1 fully saturated rings. The Morgan fingerprint density at radius 2 is 2.44 bits per heavy atom. The van der Waals surface area contributed by atoms with Gasteiger partial charge in [-0.15, -0.1) is 0 Å². The highest BCUT2D eigenvalue weighted by atomic mass is 16.5. The maximum Gasteiger partial charge on any atom is 0.230 e. The molecule has 0 saturated carbocycles. The minimum Gasteiger partial charge on any atom is -0.367 e. The van der Waals surface area contributed by atoms with E-state index >= 15 is 0 Å². The van der Waals surface area contributed by atoms with Crippen LogP contribution in [0.5, 0.6) is 0 Å². The number of nitrogens with zero attached hydrogens (tertiary/aromatic N) is 3. The van der Waals surface area contributed by atoms with E-state index in [0.717, 1.165) is 13.1 Å². The highest BCUT2D eigenvalue weighted by Gasteiger charge is 2.25. The molecule has 2 heterocycles. The lowest BCUT2D eigenvalue weighted by molar-refractivity contribution is -0.0264. The Kier molecular flexibility index (Phi) is 3.52. The third-order valence-electron chi connectivity index (χ3n) is 2.79. The summed E-state index contributed by atoms with van der Waals surface area (Å²) in [6.45, 7) is 4.92. The molecule has 6 nitrogen and oxygen atoms in total. The second-order valence-electron chi connectivity index (χ2n) is 4.25. The fraction of sp³-hybridized carbons (Fsp3) is 0.800. The van der Waals surface area contributed by atoms with E-state index in [1.165, 1.54) is 0 Å². The molecule has 1 aliphatic heterocycles. The summed E-state index contributed by atoms with van der Waals surface area (Å²) in [4.78, 5) is 6.52.